The summed E-state index contributed by atoms with van der Waals surface area (Å²) in [4.78, 5) is 23.0. The Kier molecular flexibility index (Phi) is 6.43. The average molecular weight is 313 g/mol. The van der Waals surface area contributed by atoms with Crippen molar-refractivity contribution >= 4 is 27.7 Å². The van der Waals surface area contributed by atoms with E-state index in [2.05, 4.69) is 33.7 Å². The minimum atomic E-state index is -0.314. The largest absolute Gasteiger partial charge is 0.273 e. The van der Waals surface area contributed by atoms with Crippen LogP contribution in [-0.4, -0.2) is 11.8 Å². The quantitative estimate of drug-likeness (QED) is 0.649. The number of hydrazine groups is 1. The van der Waals surface area contributed by atoms with Gasteiger partial charge in [0.2, 0.25) is 5.91 Å². The molecular formula is C13H17BrN2O2. The summed E-state index contributed by atoms with van der Waals surface area (Å²) in [5, 5.41) is 0. The highest BCUT2D eigenvalue weighted by Crippen LogP contribution is 2.10. The molecule has 0 aromatic heterocycles. The predicted molar refractivity (Wildman–Crippen MR) is 73.9 cm³/mol. The van der Waals surface area contributed by atoms with Crippen molar-refractivity contribution in [3.8, 4) is 0 Å². The number of unbranched alkanes of at least 4 members (excludes halogenated alkanes) is 2. The molecule has 5 heteroatoms. The van der Waals surface area contributed by atoms with Crippen molar-refractivity contribution in [1.82, 2.24) is 10.9 Å². The average Bonchev–Trinajstić information content (AvgIpc) is 2.37. The number of hydrogen-bond acceptors (Lipinski definition) is 2. The first kappa shape index (κ1) is 14.7. The van der Waals surface area contributed by atoms with Crippen LogP contribution in [0, 0.1) is 0 Å². The van der Waals surface area contributed by atoms with Gasteiger partial charge in [0.1, 0.15) is 0 Å². The molecule has 0 spiro atoms. The summed E-state index contributed by atoms with van der Waals surface area (Å²) in [5.41, 5.74) is 5.30. The normalized spacial score (nSPS) is 9.89. The third-order valence-electron chi connectivity index (χ3n) is 2.43. The van der Waals surface area contributed by atoms with E-state index in [-0.39, 0.29) is 11.8 Å². The van der Waals surface area contributed by atoms with Gasteiger partial charge in [0.15, 0.2) is 0 Å². The Hall–Kier alpha value is -1.36. The minimum Gasteiger partial charge on any atom is -0.273 e. The molecule has 4 nitrogen and oxygen atoms in total. The molecule has 1 rings (SSSR count). The third kappa shape index (κ3) is 5.31. The maximum absolute atomic E-state index is 11.6. The Labute approximate surface area is 115 Å². The van der Waals surface area contributed by atoms with Gasteiger partial charge in [-0.05, 0) is 30.7 Å². The molecule has 0 atom stereocenters. The lowest BCUT2D eigenvalue weighted by molar-refractivity contribution is -0.121. The van der Waals surface area contributed by atoms with E-state index in [1.165, 1.54) is 0 Å². The van der Waals surface area contributed by atoms with Gasteiger partial charge in [-0.15, -0.1) is 0 Å². The van der Waals surface area contributed by atoms with Gasteiger partial charge >= 0.3 is 0 Å². The van der Waals surface area contributed by atoms with Crippen LogP contribution in [-0.2, 0) is 4.79 Å². The summed E-state index contributed by atoms with van der Waals surface area (Å²) < 4.78 is 0.905. The van der Waals surface area contributed by atoms with Gasteiger partial charge in [0.25, 0.3) is 5.91 Å². The smallest absolute Gasteiger partial charge is 0.269 e. The maximum Gasteiger partial charge on any atom is 0.269 e. The van der Waals surface area contributed by atoms with Crippen LogP contribution in [0.15, 0.2) is 28.7 Å². The molecule has 0 saturated heterocycles. The molecule has 2 N–H and O–H groups in total. The number of rotatable bonds is 5. The molecule has 0 aliphatic rings. The number of hydrogen-bond donors (Lipinski definition) is 2. The molecule has 0 saturated carbocycles. The van der Waals surface area contributed by atoms with Gasteiger partial charge in [-0.25, -0.2) is 0 Å². The fraction of sp³-hybridized carbons (Fsp3) is 0.385. The number of carbonyl (C=O) groups is 2. The highest BCUT2D eigenvalue weighted by Gasteiger charge is 2.06. The molecule has 98 valence electrons. The molecule has 0 aliphatic heterocycles. The van der Waals surface area contributed by atoms with Crippen molar-refractivity contribution in [3.05, 3.63) is 34.3 Å². The molecular weight excluding hydrogens is 296 g/mol. The van der Waals surface area contributed by atoms with Crippen LogP contribution < -0.4 is 10.9 Å². The Morgan fingerprint density at radius 3 is 2.39 bits per heavy atom. The number of carbonyl (C=O) groups excluding carboxylic acids is 2. The fourth-order valence-electron chi connectivity index (χ4n) is 1.40. The van der Waals surface area contributed by atoms with E-state index in [9.17, 15) is 9.59 Å². The van der Waals surface area contributed by atoms with Crippen LogP contribution in [0.2, 0.25) is 0 Å². The molecule has 0 unspecified atom stereocenters. The summed E-state index contributed by atoms with van der Waals surface area (Å²) in [6.45, 7) is 2.08. The lowest BCUT2D eigenvalue weighted by Gasteiger charge is -2.07. The molecule has 1 aromatic carbocycles. The second-order valence-electron chi connectivity index (χ2n) is 3.97. The maximum atomic E-state index is 11.6. The Balaban J connectivity index is 2.32. The number of nitrogens with one attached hydrogen (secondary N) is 2. The van der Waals surface area contributed by atoms with Crippen LogP contribution >= 0.6 is 15.9 Å². The Morgan fingerprint density at radius 2 is 1.78 bits per heavy atom. The van der Waals surface area contributed by atoms with Gasteiger partial charge < -0.3 is 0 Å². The first-order valence-electron chi connectivity index (χ1n) is 5.98. The van der Waals surface area contributed by atoms with Crippen molar-refractivity contribution in [2.24, 2.45) is 0 Å². The zero-order valence-electron chi connectivity index (χ0n) is 10.3. The van der Waals surface area contributed by atoms with Gasteiger partial charge in [-0.3, -0.25) is 20.4 Å². The first-order chi connectivity index (χ1) is 8.63. The van der Waals surface area contributed by atoms with Crippen LogP contribution in [0.1, 0.15) is 43.0 Å². The lowest BCUT2D eigenvalue weighted by Crippen LogP contribution is -2.41. The number of halogens is 1. The van der Waals surface area contributed by atoms with E-state index in [0.29, 0.717) is 12.0 Å². The highest BCUT2D eigenvalue weighted by molar-refractivity contribution is 9.10. The molecule has 0 fully saturated rings. The fourth-order valence-corrected chi connectivity index (χ4v) is 1.66. The van der Waals surface area contributed by atoms with Crippen molar-refractivity contribution in [2.45, 2.75) is 32.6 Å². The van der Waals surface area contributed by atoms with E-state index in [4.69, 9.17) is 0 Å². The summed E-state index contributed by atoms with van der Waals surface area (Å²) in [6.07, 6.45) is 3.37. The van der Waals surface area contributed by atoms with E-state index >= 15 is 0 Å². The van der Waals surface area contributed by atoms with E-state index in [1.807, 2.05) is 0 Å². The molecule has 0 radical (unpaired) electrons. The molecule has 18 heavy (non-hydrogen) atoms. The summed E-state index contributed by atoms with van der Waals surface area (Å²) in [6, 6.07) is 6.92. The number of benzene rings is 1. The van der Waals surface area contributed by atoms with Crippen LogP contribution in [0.5, 0.6) is 0 Å². The number of amides is 2. The standard InChI is InChI=1S/C13H17BrN2O2/c1-2-3-4-5-12(17)15-16-13(18)10-6-8-11(14)9-7-10/h6-9H,2-5H2,1H3,(H,15,17)(H,16,18). The SMILES string of the molecule is CCCCCC(=O)NNC(=O)c1ccc(Br)cc1. The summed E-state index contributed by atoms with van der Waals surface area (Å²) >= 11 is 3.29. The second kappa shape index (κ2) is 7.87. The van der Waals surface area contributed by atoms with Crippen molar-refractivity contribution in [1.29, 1.82) is 0 Å². The van der Waals surface area contributed by atoms with Crippen LogP contribution in [0.4, 0.5) is 0 Å². The van der Waals surface area contributed by atoms with Crippen LogP contribution in [0.25, 0.3) is 0 Å². The van der Waals surface area contributed by atoms with Gasteiger partial charge in [-0.1, -0.05) is 35.7 Å². The Morgan fingerprint density at radius 1 is 1.11 bits per heavy atom. The monoisotopic (exact) mass is 312 g/mol. The Bertz CT molecular complexity index is 404. The van der Waals surface area contributed by atoms with Crippen molar-refractivity contribution in [2.75, 3.05) is 0 Å². The zero-order valence-corrected chi connectivity index (χ0v) is 11.9. The van der Waals surface area contributed by atoms with Crippen molar-refractivity contribution in [3.63, 3.8) is 0 Å². The lowest BCUT2D eigenvalue weighted by atomic mass is 10.2. The summed E-state index contributed by atoms with van der Waals surface area (Å²) in [7, 11) is 0. The van der Waals surface area contributed by atoms with Crippen LogP contribution in [0.3, 0.4) is 0 Å². The van der Waals surface area contributed by atoms with Crippen molar-refractivity contribution < 1.29 is 9.59 Å². The molecule has 2 amide bonds. The predicted octanol–water partition coefficient (Wildman–Crippen LogP) is 2.79. The van der Waals surface area contributed by atoms with Gasteiger partial charge in [-0.2, -0.15) is 0 Å². The molecule has 0 heterocycles. The molecule has 0 bridgehead atoms. The topological polar surface area (TPSA) is 58.2 Å². The highest BCUT2D eigenvalue weighted by atomic mass is 79.9. The zero-order chi connectivity index (χ0) is 13.4. The van der Waals surface area contributed by atoms with Gasteiger partial charge in [0.05, 0.1) is 0 Å². The van der Waals surface area contributed by atoms with E-state index in [0.717, 1.165) is 23.7 Å². The van der Waals surface area contributed by atoms with E-state index < -0.39 is 0 Å². The molecule has 0 aliphatic carbocycles. The minimum absolute atomic E-state index is 0.158. The summed E-state index contributed by atoms with van der Waals surface area (Å²) in [5.74, 6) is -0.472. The van der Waals surface area contributed by atoms with Gasteiger partial charge in [0, 0.05) is 16.5 Å². The third-order valence-corrected chi connectivity index (χ3v) is 2.96. The molecule has 1 aromatic rings. The first-order valence-corrected chi connectivity index (χ1v) is 6.77. The second-order valence-corrected chi connectivity index (χ2v) is 4.88. The van der Waals surface area contributed by atoms with E-state index in [1.54, 1.807) is 24.3 Å².